The molecule has 0 radical (unpaired) electrons. The van der Waals surface area contributed by atoms with E-state index < -0.39 is 0 Å². The lowest BCUT2D eigenvalue weighted by Gasteiger charge is -2.11. The van der Waals surface area contributed by atoms with Crippen LogP contribution < -0.4 is 10.6 Å². The van der Waals surface area contributed by atoms with Crippen molar-refractivity contribution in [3.05, 3.63) is 82.4 Å². The molecule has 4 nitrogen and oxygen atoms in total. The van der Waals surface area contributed by atoms with Crippen LogP contribution in [-0.4, -0.2) is 10.6 Å². The molecule has 0 unspecified atom stereocenters. The average Bonchev–Trinajstić information content (AvgIpc) is 2.91. The van der Waals surface area contributed by atoms with Crippen molar-refractivity contribution in [2.75, 3.05) is 5.32 Å². The third kappa shape index (κ3) is 4.19. The van der Waals surface area contributed by atoms with E-state index in [0.717, 1.165) is 22.6 Å². The Balaban J connectivity index is 1.69. The molecule has 0 atom stereocenters. The highest BCUT2D eigenvalue weighted by atomic mass is 19.1. The van der Waals surface area contributed by atoms with Gasteiger partial charge in [0.2, 0.25) is 0 Å². The summed E-state index contributed by atoms with van der Waals surface area (Å²) < 4.78 is 15.8. The Morgan fingerprint density at radius 2 is 1.70 bits per heavy atom. The highest BCUT2D eigenvalue weighted by Crippen LogP contribution is 2.21. The van der Waals surface area contributed by atoms with Crippen LogP contribution in [0.1, 0.15) is 28.1 Å². The maximum absolute atomic E-state index is 13.6. The molecule has 0 saturated carbocycles. The molecule has 1 heterocycles. The quantitative estimate of drug-likeness (QED) is 0.658. The van der Waals surface area contributed by atoms with E-state index >= 15 is 0 Å². The first-order valence-corrected chi connectivity index (χ1v) is 8.91. The highest BCUT2D eigenvalue weighted by molar-refractivity contribution is 5.89. The van der Waals surface area contributed by atoms with E-state index in [4.69, 9.17) is 0 Å². The summed E-state index contributed by atoms with van der Waals surface area (Å²) >= 11 is 0. The lowest BCUT2D eigenvalue weighted by Crippen LogP contribution is -2.28. The van der Waals surface area contributed by atoms with Crippen LogP contribution in [0.15, 0.2) is 48.5 Å². The van der Waals surface area contributed by atoms with Crippen molar-refractivity contribution in [3.63, 3.8) is 0 Å². The molecule has 3 aromatic rings. The number of urea groups is 1. The molecule has 140 valence electrons. The number of carbonyl (C=O) groups is 1. The summed E-state index contributed by atoms with van der Waals surface area (Å²) in [6.07, 6.45) is 0. The zero-order valence-electron chi connectivity index (χ0n) is 16.1. The average molecular weight is 365 g/mol. The molecule has 0 spiro atoms. The van der Waals surface area contributed by atoms with Crippen molar-refractivity contribution in [1.29, 1.82) is 0 Å². The zero-order chi connectivity index (χ0) is 19.6. The van der Waals surface area contributed by atoms with Gasteiger partial charge in [0.15, 0.2) is 0 Å². The number of rotatable bonds is 4. The van der Waals surface area contributed by atoms with E-state index in [0.29, 0.717) is 17.8 Å². The lowest BCUT2D eigenvalue weighted by atomic mass is 10.2. The fourth-order valence-corrected chi connectivity index (χ4v) is 3.12. The molecule has 0 fully saturated rings. The number of anilines is 1. The van der Waals surface area contributed by atoms with E-state index in [1.165, 1.54) is 11.6 Å². The van der Waals surface area contributed by atoms with Gasteiger partial charge in [-0.05, 0) is 69.2 Å². The van der Waals surface area contributed by atoms with Gasteiger partial charge in [-0.3, -0.25) is 0 Å². The second-order valence-corrected chi connectivity index (χ2v) is 6.84. The Kier molecular flexibility index (Phi) is 5.31. The molecular formula is C22H24FN3O. The summed E-state index contributed by atoms with van der Waals surface area (Å²) in [7, 11) is 0. The molecule has 2 aromatic carbocycles. The first-order chi connectivity index (χ1) is 12.8. The Morgan fingerprint density at radius 3 is 2.37 bits per heavy atom. The number of aromatic nitrogens is 1. The van der Waals surface area contributed by atoms with Crippen molar-refractivity contribution < 1.29 is 9.18 Å². The fraction of sp³-hybridized carbons (Fsp3) is 0.227. The van der Waals surface area contributed by atoms with Crippen molar-refractivity contribution in [1.82, 2.24) is 9.88 Å². The van der Waals surface area contributed by atoms with Gasteiger partial charge in [0, 0.05) is 29.3 Å². The summed E-state index contributed by atoms with van der Waals surface area (Å²) in [5.41, 5.74) is 6.52. The number of halogens is 1. The second kappa shape index (κ2) is 7.66. The summed E-state index contributed by atoms with van der Waals surface area (Å²) in [5.74, 6) is -0.338. The maximum Gasteiger partial charge on any atom is 0.319 e. The van der Waals surface area contributed by atoms with E-state index in [1.807, 2.05) is 13.8 Å². The summed E-state index contributed by atoms with van der Waals surface area (Å²) in [5, 5.41) is 5.50. The first-order valence-electron chi connectivity index (χ1n) is 8.91. The Morgan fingerprint density at radius 1 is 1.00 bits per heavy atom. The number of amides is 2. The minimum absolute atomic E-state index is 0.338. The predicted molar refractivity (Wildman–Crippen MR) is 107 cm³/mol. The molecule has 0 saturated heterocycles. The molecule has 2 amide bonds. The number of nitrogens with zero attached hydrogens (tertiary/aromatic N) is 1. The van der Waals surface area contributed by atoms with Gasteiger partial charge in [0.1, 0.15) is 5.82 Å². The molecule has 5 heteroatoms. The predicted octanol–water partition coefficient (Wildman–Crippen LogP) is 5.17. The van der Waals surface area contributed by atoms with Crippen LogP contribution in [-0.2, 0) is 6.54 Å². The number of hydrogen-bond acceptors (Lipinski definition) is 1. The van der Waals surface area contributed by atoms with E-state index in [1.54, 1.807) is 19.1 Å². The topological polar surface area (TPSA) is 46.1 Å². The molecule has 2 N–H and O–H groups in total. The van der Waals surface area contributed by atoms with Gasteiger partial charge in [0.25, 0.3) is 0 Å². The van der Waals surface area contributed by atoms with Gasteiger partial charge in [-0.1, -0.05) is 23.8 Å². The Hall–Kier alpha value is -3.08. The SMILES string of the molecule is Cc1ccc(-n2c(C)cc(CNC(=O)Nc3ccc(C)c(F)c3)c2C)cc1. The number of benzene rings is 2. The van der Waals surface area contributed by atoms with Gasteiger partial charge in [0.05, 0.1) is 0 Å². The molecule has 0 aliphatic carbocycles. The number of carbonyl (C=O) groups excluding carboxylic acids is 1. The van der Waals surface area contributed by atoms with Crippen LogP contribution in [0, 0.1) is 33.5 Å². The van der Waals surface area contributed by atoms with Crippen molar-refractivity contribution in [3.8, 4) is 5.69 Å². The molecule has 0 aliphatic heterocycles. The number of nitrogens with one attached hydrogen (secondary N) is 2. The standard InChI is InChI=1S/C22H24FN3O/c1-14-5-9-20(10-6-14)26-16(3)11-18(17(26)4)13-24-22(27)25-19-8-7-15(2)21(23)12-19/h5-12H,13H2,1-4H3,(H2,24,25,27). The third-order valence-electron chi connectivity index (χ3n) is 4.70. The monoisotopic (exact) mass is 365 g/mol. The molecule has 0 aliphatic rings. The summed E-state index contributed by atoms with van der Waals surface area (Å²) in [6.45, 7) is 8.23. The largest absolute Gasteiger partial charge is 0.334 e. The van der Waals surface area contributed by atoms with Crippen LogP contribution in [0.5, 0.6) is 0 Å². The highest BCUT2D eigenvalue weighted by Gasteiger charge is 2.12. The zero-order valence-corrected chi connectivity index (χ0v) is 16.1. The van der Waals surface area contributed by atoms with Gasteiger partial charge < -0.3 is 15.2 Å². The van der Waals surface area contributed by atoms with E-state index in [9.17, 15) is 9.18 Å². The van der Waals surface area contributed by atoms with Crippen LogP contribution in [0.2, 0.25) is 0 Å². The minimum Gasteiger partial charge on any atom is -0.334 e. The van der Waals surface area contributed by atoms with E-state index in [-0.39, 0.29) is 11.8 Å². The van der Waals surface area contributed by atoms with Crippen molar-refractivity contribution in [2.24, 2.45) is 0 Å². The summed E-state index contributed by atoms with van der Waals surface area (Å²) in [6, 6.07) is 14.7. The molecular weight excluding hydrogens is 341 g/mol. The molecule has 0 bridgehead atoms. The van der Waals surface area contributed by atoms with E-state index in [2.05, 4.69) is 52.5 Å². The number of hydrogen-bond donors (Lipinski definition) is 2. The maximum atomic E-state index is 13.6. The molecule has 1 aromatic heterocycles. The van der Waals surface area contributed by atoms with Crippen LogP contribution >= 0.6 is 0 Å². The van der Waals surface area contributed by atoms with Crippen LogP contribution in [0.25, 0.3) is 5.69 Å². The molecule has 27 heavy (non-hydrogen) atoms. The fourth-order valence-electron chi connectivity index (χ4n) is 3.12. The number of aryl methyl sites for hydroxylation is 3. The summed E-state index contributed by atoms with van der Waals surface area (Å²) in [4.78, 5) is 12.1. The minimum atomic E-state index is -0.363. The first kappa shape index (κ1) is 18.7. The van der Waals surface area contributed by atoms with Crippen molar-refractivity contribution in [2.45, 2.75) is 34.2 Å². The van der Waals surface area contributed by atoms with Crippen LogP contribution in [0.4, 0.5) is 14.9 Å². The Labute approximate surface area is 159 Å². The van der Waals surface area contributed by atoms with Crippen LogP contribution in [0.3, 0.4) is 0 Å². The Bertz CT molecular complexity index is 974. The molecule has 3 rings (SSSR count). The van der Waals surface area contributed by atoms with Gasteiger partial charge in [-0.25, -0.2) is 9.18 Å². The van der Waals surface area contributed by atoms with Gasteiger partial charge >= 0.3 is 6.03 Å². The van der Waals surface area contributed by atoms with Gasteiger partial charge in [-0.2, -0.15) is 0 Å². The normalized spacial score (nSPS) is 10.7. The van der Waals surface area contributed by atoms with Gasteiger partial charge in [-0.15, -0.1) is 0 Å². The third-order valence-corrected chi connectivity index (χ3v) is 4.70. The second-order valence-electron chi connectivity index (χ2n) is 6.84. The lowest BCUT2D eigenvalue weighted by molar-refractivity contribution is 0.251. The smallest absolute Gasteiger partial charge is 0.319 e. The van der Waals surface area contributed by atoms with Crippen molar-refractivity contribution >= 4 is 11.7 Å².